The normalized spacial score (nSPS) is 18.7. The van der Waals surface area contributed by atoms with Gasteiger partial charge in [-0.25, -0.2) is 4.98 Å². The van der Waals surface area contributed by atoms with Crippen LogP contribution in [-0.4, -0.2) is 42.3 Å². The van der Waals surface area contributed by atoms with Crippen LogP contribution < -0.4 is 0 Å². The van der Waals surface area contributed by atoms with Gasteiger partial charge in [0.15, 0.2) is 5.76 Å². The van der Waals surface area contributed by atoms with Crippen molar-refractivity contribution >= 4 is 11.5 Å². The molecule has 4 heterocycles. The molecule has 0 N–H and O–H groups in total. The SMILES string of the molecule is CCn1cncc1CN1CCC[C@H](c2nnsc2-c2cc(C)no2)C1. The molecule has 25 heavy (non-hydrogen) atoms. The first kappa shape index (κ1) is 16.4. The molecule has 0 amide bonds. The van der Waals surface area contributed by atoms with Gasteiger partial charge in [-0.2, -0.15) is 0 Å². The molecule has 0 radical (unpaired) electrons. The molecular formula is C17H22N6OS. The predicted octanol–water partition coefficient (Wildman–Crippen LogP) is 3.10. The molecule has 1 fully saturated rings. The van der Waals surface area contributed by atoms with E-state index in [1.165, 1.54) is 17.2 Å². The highest BCUT2D eigenvalue weighted by atomic mass is 32.1. The zero-order chi connectivity index (χ0) is 17.2. The van der Waals surface area contributed by atoms with Crippen LogP contribution in [0.25, 0.3) is 10.6 Å². The van der Waals surface area contributed by atoms with Crippen LogP contribution in [0.4, 0.5) is 0 Å². The van der Waals surface area contributed by atoms with Crippen molar-refractivity contribution in [2.45, 2.75) is 45.7 Å². The number of likely N-dealkylation sites (tertiary alicyclic amines) is 1. The summed E-state index contributed by atoms with van der Waals surface area (Å²) >= 11 is 1.39. The zero-order valence-corrected chi connectivity index (χ0v) is 15.4. The van der Waals surface area contributed by atoms with E-state index in [0.717, 1.165) is 61.0 Å². The number of rotatable bonds is 5. The first-order valence-electron chi connectivity index (χ1n) is 8.72. The second-order valence-corrected chi connectivity index (χ2v) is 7.32. The Morgan fingerprint density at radius 3 is 3.12 bits per heavy atom. The molecule has 3 aromatic rings. The number of aryl methyl sites for hydroxylation is 2. The van der Waals surface area contributed by atoms with Crippen molar-refractivity contribution in [2.75, 3.05) is 13.1 Å². The lowest BCUT2D eigenvalue weighted by Gasteiger charge is -2.32. The van der Waals surface area contributed by atoms with Crippen LogP contribution in [0.5, 0.6) is 0 Å². The van der Waals surface area contributed by atoms with Crippen LogP contribution in [0.2, 0.25) is 0 Å². The third-order valence-corrected chi connectivity index (χ3v) is 5.54. The van der Waals surface area contributed by atoms with Crippen molar-refractivity contribution in [1.82, 2.24) is 29.2 Å². The summed E-state index contributed by atoms with van der Waals surface area (Å²) in [6, 6.07) is 1.96. The Balaban J connectivity index is 1.51. The molecule has 0 spiro atoms. The van der Waals surface area contributed by atoms with Gasteiger partial charge in [0.1, 0.15) is 4.88 Å². The van der Waals surface area contributed by atoms with Gasteiger partial charge in [0.05, 0.1) is 23.4 Å². The maximum atomic E-state index is 5.44. The highest BCUT2D eigenvalue weighted by Crippen LogP contribution is 2.35. The Kier molecular flexibility index (Phi) is 4.63. The van der Waals surface area contributed by atoms with E-state index in [4.69, 9.17) is 4.52 Å². The molecule has 0 saturated carbocycles. The fourth-order valence-electron chi connectivity index (χ4n) is 3.52. The van der Waals surface area contributed by atoms with Crippen LogP contribution in [0.1, 0.15) is 42.8 Å². The quantitative estimate of drug-likeness (QED) is 0.698. The molecule has 1 aliphatic heterocycles. The molecule has 1 aliphatic rings. The van der Waals surface area contributed by atoms with E-state index in [9.17, 15) is 0 Å². The maximum Gasteiger partial charge on any atom is 0.180 e. The smallest absolute Gasteiger partial charge is 0.180 e. The second kappa shape index (κ2) is 7.05. The van der Waals surface area contributed by atoms with Crippen molar-refractivity contribution in [2.24, 2.45) is 0 Å². The summed E-state index contributed by atoms with van der Waals surface area (Å²) in [4.78, 5) is 7.79. The van der Waals surface area contributed by atoms with E-state index in [2.05, 4.69) is 36.1 Å². The molecule has 0 aromatic carbocycles. The summed E-state index contributed by atoms with van der Waals surface area (Å²) in [5, 5.41) is 8.43. The molecule has 3 aromatic heterocycles. The van der Waals surface area contributed by atoms with Crippen molar-refractivity contribution in [1.29, 1.82) is 0 Å². The molecule has 1 atom stereocenters. The van der Waals surface area contributed by atoms with Gasteiger partial charge in [-0.15, -0.1) is 5.10 Å². The van der Waals surface area contributed by atoms with Crippen LogP contribution in [0, 0.1) is 6.92 Å². The van der Waals surface area contributed by atoms with E-state index < -0.39 is 0 Å². The van der Waals surface area contributed by atoms with Gasteiger partial charge in [0.25, 0.3) is 0 Å². The molecule has 0 aliphatic carbocycles. The zero-order valence-electron chi connectivity index (χ0n) is 14.6. The molecule has 132 valence electrons. The average molecular weight is 358 g/mol. The summed E-state index contributed by atoms with van der Waals surface area (Å²) in [5.74, 6) is 1.16. The van der Waals surface area contributed by atoms with E-state index in [1.807, 2.05) is 25.5 Å². The number of imidazole rings is 1. The van der Waals surface area contributed by atoms with Crippen molar-refractivity contribution in [3.8, 4) is 10.6 Å². The van der Waals surface area contributed by atoms with Gasteiger partial charge in [-0.1, -0.05) is 9.64 Å². The Labute approximate surface area is 150 Å². The lowest BCUT2D eigenvalue weighted by Crippen LogP contribution is -2.34. The minimum Gasteiger partial charge on any atom is -0.355 e. The molecule has 1 saturated heterocycles. The molecule has 0 bridgehead atoms. The third-order valence-electron chi connectivity index (χ3n) is 4.78. The summed E-state index contributed by atoms with van der Waals surface area (Å²) in [7, 11) is 0. The van der Waals surface area contributed by atoms with Gasteiger partial charge < -0.3 is 9.09 Å². The summed E-state index contributed by atoms with van der Waals surface area (Å²) in [5.41, 5.74) is 3.20. The average Bonchev–Trinajstić information content (AvgIpc) is 3.35. The van der Waals surface area contributed by atoms with Crippen LogP contribution in [0.15, 0.2) is 23.1 Å². The van der Waals surface area contributed by atoms with E-state index in [0.29, 0.717) is 5.92 Å². The highest BCUT2D eigenvalue weighted by molar-refractivity contribution is 7.09. The lowest BCUT2D eigenvalue weighted by molar-refractivity contribution is 0.194. The molecule has 4 rings (SSSR count). The Morgan fingerprint density at radius 1 is 1.40 bits per heavy atom. The van der Waals surface area contributed by atoms with Crippen molar-refractivity contribution in [3.63, 3.8) is 0 Å². The number of piperidine rings is 1. The second-order valence-electron chi connectivity index (χ2n) is 6.57. The largest absolute Gasteiger partial charge is 0.355 e. The van der Waals surface area contributed by atoms with Gasteiger partial charge in [-0.3, -0.25) is 4.90 Å². The Morgan fingerprint density at radius 2 is 2.32 bits per heavy atom. The first-order chi connectivity index (χ1) is 12.2. The van der Waals surface area contributed by atoms with Crippen molar-refractivity contribution in [3.05, 3.63) is 35.7 Å². The van der Waals surface area contributed by atoms with Gasteiger partial charge in [-0.05, 0) is 44.8 Å². The number of hydrogen-bond acceptors (Lipinski definition) is 7. The fraction of sp³-hybridized carbons (Fsp3) is 0.529. The van der Waals surface area contributed by atoms with Crippen LogP contribution >= 0.6 is 11.5 Å². The topological polar surface area (TPSA) is 72.9 Å². The molecule has 0 unspecified atom stereocenters. The van der Waals surface area contributed by atoms with E-state index in [-0.39, 0.29) is 0 Å². The minimum absolute atomic E-state index is 0.380. The van der Waals surface area contributed by atoms with Crippen LogP contribution in [-0.2, 0) is 13.1 Å². The van der Waals surface area contributed by atoms with Crippen LogP contribution in [0.3, 0.4) is 0 Å². The fourth-order valence-corrected chi connectivity index (χ4v) is 4.22. The Bertz CT molecular complexity index is 838. The molecular weight excluding hydrogens is 336 g/mol. The number of hydrogen-bond donors (Lipinski definition) is 0. The highest BCUT2D eigenvalue weighted by Gasteiger charge is 2.28. The third kappa shape index (κ3) is 3.36. The minimum atomic E-state index is 0.380. The standard InChI is InChI=1S/C17H22N6OS/c1-3-23-11-18-8-14(23)10-22-6-4-5-13(9-22)16-17(25-21-19-16)15-7-12(2)20-24-15/h7-8,11,13H,3-6,9-10H2,1-2H3/t13-/m0/s1. The molecule has 7 nitrogen and oxygen atoms in total. The Hall–Kier alpha value is -2.06. The summed E-state index contributed by atoms with van der Waals surface area (Å²) in [6.07, 6.45) is 6.18. The van der Waals surface area contributed by atoms with Gasteiger partial charge in [0, 0.05) is 37.8 Å². The molecule has 8 heteroatoms. The van der Waals surface area contributed by atoms with Gasteiger partial charge >= 0.3 is 0 Å². The lowest BCUT2D eigenvalue weighted by atomic mass is 9.93. The number of nitrogens with zero attached hydrogens (tertiary/aromatic N) is 6. The monoisotopic (exact) mass is 358 g/mol. The number of aromatic nitrogens is 5. The van der Waals surface area contributed by atoms with E-state index in [1.54, 1.807) is 0 Å². The van der Waals surface area contributed by atoms with Crippen molar-refractivity contribution < 1.29 is 4.52 Å². The van der Waals surface area contributed by atoms with Gasteiger partial charge in [0.2, 0.25) is 0 Å². The first-order valence-corrected chi connectivity index (χ1v) is 9.49. The summed E-state index contributed by atoms with van der Waals surface area (Å²) in [6.45, 7) is 8.06. The van der Waals surface area contributed by atoms with E-state index >= 15 is 0 Å². The maximum absolute atomic E-state index is 5.44. The summed E-state index contributed by atoms with van der Waals surface area (Å²) < 4.78 is 11.8. The predicted molar refractivity (Wildman–Crippen MR) is 95.3 cm³/mol.